The molecule has 1 aliphatic carbocycles. The predicted octanol–water partition coefficient (Wildman–Crippen LogP) is 2.82. The van der Waals surface area contributed by atoms with Crippen molar-refractivity contribution in [2.75, 3.05) is 5.32 Å². The Kier molecular flexibility index (Phi) is 3.47. The van der Waals surface area contributed by atoms with Crippen molar-refractivity contribution in [1.82, 2.24) is 0 Å². The lowest BCUT2D eigenvalue weighted by Gasteiger charge is -2.14. The molecule has 0 aliphatic heterocycles. The summed E-state index contributed by atoms with van der Waals surface area (Å²) in [5.41, 5.74) is 0.423. The molecule has 92 valence electrons. The molecule has 1 amide bonds. The maximum Gasteiger partial charge on any atom is 0.348 e. The van der Waals surface area contributed by atoms with Gasteiger partial charge in [-0.2, -0.15) is 0 Å². The Morgan fingerprint density at radius 1 is 1.47 bits per heavy atom. The van der Waals surface area contributed by atoms with E-state index in [0.29, 0.717) is 11.6 Å². The van der Waals surface area contributed by atoms with Crippen molar-refractivity contribution in [3.05, 3.63) is 16.3 Å². The van der Waals surface area contributed by atoms with E-state index in [4.69, 9.17) is 5.11 Å². The molecule has 0 aromatic carbocycles. The largest absolute Gasteiger partial charge is 0.477 e. The third kappa shape index (κ3) is 2.49. The normalized spacial score (nSPS) is 23.6. The van der Waals surface area contributed by atoms with E-state index in [1.165, 1.54) is 0 Å². The molecule has 0 bridgehead atoms. The second-order valence-electron chi connectivity index (χ2n) is 4.47. The quantitative estimate of drug-likeness (QED) is 0.870. The monoisotopic (exact) mass is 253 g/mol. The van der Waals surface area contributed by atoms with E-state index < -0.39 is 5.97 Å². The average molecular weight is 253 g/mol. The third-order valence-corrected chi connectivity index (χ3v) is 4.22. The van der Waals surface area contributed by atoms with Crippen LogP contribution in [0.25, 0.3) is 0 Å². The highest BCUT2D eigenvalue weighted by Crippen LogP contribution is 2.32. The van der Waals surface area contributed by atoms with E-state index in [0.717, 1.165) is 30.6 Å². The molecule has 0 radical (unpaired) electrons. The van der Waals surface area contributed by atoms with Gasteiger partial charge in [0.2, 0.25) is 5.91 Å². The molecule has 2 unspecified atom stereocenters. The highest BCUT2D eigenvalue weighted by Gasteiger charge is 2.30. The molecule has 2 rings (SSSR count). The van der Waals surface area contributed by atoms with Crippen LogP contribution >= 0.6 is 11.3 Å². The fourth-order valence-electron chi connectivity index (χ4n) is 2.33. The molecule has 2 atom stereocenters. The highest BCUT2D eigenvalue weighted by atomic mass is 32.1. The summed E-state index contributed by atoms with van der Waals surface area (Å²) in [6, 6.07) is 1.64. The number of rotatable bonds is 3. The summed E-state index contributed by atoms with van der Waals surface area (Å²) in [7, 11) is 0. The summed E-state index contributed by atoms with van der Waals surface area (Å²) in [5, 5.41) is 13.4. The average Bonchev–Trinajstić information content (AvgIpc) is 2.86. The molecular formula is C12H15NO3S. The van der Waals surface area contributed by atoms with Crippen molar-refractivity contribution in [2.45, 2.75) is 26.2 Å². The Bertz CT molecular complexity index is 441. The van der Waals surface area contributed by atoms with Crippen molar-refractivity contribution >= 4 is 28.9 Å². The van der Waals surface area contributed by atoms with Crippen LogP contribution in [0.3, 0.4) is 0 Å². The Morgan fingerprint density at radius 3 is 2.82 bits per heavy atom. The van der Waals surface area contributed by atoms with Crippen LogP contribution in [0, 0.1) is 11.8 Å². The number of carbonyl (C=O) groups excluding carboxylic acids is 1. The van der Waals surface area contributed by atoms with Crippen LogP contribution in [-0.4, -0.2) is 17.0 Å². The van der Waals surface area contributed by atoms with Crippen LogP contribution in [0.2, 0.25) is 0 Å². The number of aromatic carboxylic acids is 1. The number of hydrogen-bond donors (Lipinski definition) is 2. The van der Waals surface area contributed by atoms with Gasteiger partial charge in [-0.1, -0.05) is 13.3 Å². The summed E-state index contributed by atoms with van der Waals surface area (Å²) in [5.74, 6) is -0.621. The van der Waals surface area contributed by atoms with E-state index >= 15 is 0 Å². The van der Waals surface area contributed by atoms with Crippen LogP contribution in [0.5, 0.6) is 0 Å². The number of anilines is 1. The summed E-state index contributed by atoms with van der Waals surface area (Å²) in [6.45, 7) is 2.07. The maximum absolute atomic E-state index is 12.0. The number of amides is 1. The molecule has 1 aliphatic rings. The van der Waals surface area contributed by atoms with Crippen molar-refractivity contribution in [1.29, 1.82) is 0 Å². The number of carboxylic acid groups (broad SMARTS) is 1. The standard InChI is InChI=1S/C12H15NO3S/c1-7-3-2-4-8(7)11(14)13-9-5-6-17-10(9)12(15)16/h5-8H,2-4H2,1H3,(H,13,14)(H,15,16). The molecule has 17 heavy (non-hydrogen) atoms. The summed E-state index contributed by atoms with van der Waals surface area (Å²) >= 11 is 1.13. The zero-order valence-electron chi connectivity index (χ0n) is 9.60. The van der Waals surface area contributed by atoms with Crippen molar-refractivity contribution in [3.8, 4) is 0 Å². The van der Waals surface area contributed by atoms with Crippen LogP contribution in [0.4, 0.5) is 5.69 Å². The molecule has 0 spiro atoms. The van der Waals surface area contributed by atoms with Crippen molar-refractivity contribution in [3.63, 3.8) is 0 Å². The number of nitrogens with one attached hydrogen (secondary N) is 1. The lowest BCUT2D eigenvalue weighted by atomic mass is 9.97. The van der Waals surface area contributed by atoms with Crippen molar-refractivity contribution < 1.29 is 14.7 Å². The van der Waals surface area contributed by atoms with Crippen LogP contribution in [0.15, 0.2) is 11.4 Å². The van der Waals surface area contributed by atoms with Gasteiger partial charge >= 0.3 is 5.97 Å². The van der Waals surface area contributed by atoms with Crippen LogP contribution in [-0.2, 0) is 4.79 Å². The third-order valence-electron chi connectivity index (χ3n) is 3.32. The topological polar surface area (TPSA) is 66.4 Å². The predicted molar refractivity (Wildman–Crippen MR) is 66.4 cm³/mol. The first-order chi connectivity index (χ1) is 8.09. The lowest BCUT2D eigenvalue weighted by Crippen LogP contribution is -2.25. The molecule has 5 heteroatoms. The highest BCUT2D eigenvalue weighted by molar-refractivity contribution is 7.12. The molecule has 1 saturated carbocycles. The number of carboxylic acids is 1. The van der Waals surface area contributed by atoms with Gasteiger partial charge < -0.3 is 10.4 Å². The van der Waals surface area contributed by atoms with E-state index in [-0.39, 0.29) is 16.7 Å². The van der Waals surface area contributed by atoms with Gasteiger partial charge in [0.15, 0.2) is 0 Å². The molecule has 0 saturated heterocycles. The van der Waals surface area contributed by atoms with Gasteiger partial charge in [0.25, 0.3) is 0 Å². The van der Waals surface area contributed by atoms with Crippen molar-refractivity contribution in [2.24, 2.45) is 11.8 Å². The maximum atomic E-state index is 12.0. The smallest absolute Gasteiger partial charge is 0.348 e. The molecule has 4 nitrogen and oxygen atoms in total. The number of hydrogen-bond acceptors (Lipinski definition) is 3. The van der Waals surface area contributed by atoms with Gasteiger partial charge in [-0.3, -0.25) is 4.79 Å². The zero-order chi connectivity index (χ0) is 12.4. The fraction of sp³-hybridized carbons (Fsp3) is 0.500. The van der Waals surface area contributed by atoms with E-state index in [1.54, 1.807) is 11.4 Å². The summed E-state index contributed by atoms with van der Waals surface area (Å²) in [6.07, 6.45) is 3.06. The van der Waals surface area contributed by atoms with Crippen LogP contribution < -0.4 is 5.32 Å². The summed E-state index contributed by atoms with van der Waals surface area (Å²) in [4.78, 5) is 23.1. The second kappa shape index (κ2) is 4.87. The number of carbonyl (C=O) groups is 2. The Balaban J connectivity index is 2.07. The lowest BCUT2D eigenvalue weighted by molar-refractivity contribution is -0.120. The SMILES string of the molecule is CC1CCCC1C(=O)Nc1ccsc1C(=O)O. The van der Waals surface area contributed by atoms with E-state index in [2.05, 4.69) is 12.2 Å². The van der Waals surface area contributed by atoms with Gasteiger partial charge in [0.1, 0.15) is 4.88 Å². The molecule has 2 N–H and O–H groups in total. The van der Waals surface area contributed by atoms with E-state index in [1.807, 2.05) is 0 Å². The minimum Gasteiger partial charge on any atom is -0.477 e. The van der Waals surface area contributed by atoms with Gasteiger partial charge in [0.05, 0.1) is 5.69 Å². The molecule has 1 heterocycles. The molecule has 1 fully saturated rings. The van der Waals surface area contributed by atoms with Gasteiger partial charge in [-0.05, 0) is 30.2 Å². The second-order valence-corrected chi connectivity index (χ2v) is 5.39. The molecular weight excluding hydrogens is 238 g/mol. The summed E-state index contributed by atoms with van der Waals surface area (Å²) < 4.78 is 0. The van der Waals surface area contributed by atoms with Gasteiger partial charge in [-0.15, -0.1) is 11.3 Å². The Hall–Kier alpha value is -1.36. The first-order valence-electron chi connectivity index (χ1n) is 5.71. The minimum absolute atomic E-state index is 0.0246. The Labute approximate surface area is 104 Å². The van der Waals surface area contributed by atoms with E-state index in [9.17, 15) is 9.59 Å². The molecule has 1 aromatic heterocycles. The minimum atomic E-state index is -0.991. The fourth-order valence-corrected chi connectivity index (χ4v) is 3.02. The number of thiophene rings is 1. The molecule has 1 aromatic rings. The zero-order valence-corrected chi connectivity index (χ0v) is 10.4. The van der Waals surface area contributed by atoms with Gasteiger partial charge in [-0.25, -0.2) is 4.79 Å². The van der Waals surface area contributed by atoms with Gasteiger partial charge in [0, 0.05) is 5.92 Å². The van der Waals surface area contributed by atoms with Crippen LogP contribution in [0.1, 0.15) is 35.9 Å². The first kappa shape index (κ1) is 12.1. The Morgan fingerprint density at radius 2 is 2.24 bits per heavy atom. The first-order valence-corrected chi connectivity index (χ1v) is 6.59.